The Morgan fingerprint density at radius 1 is 1.10 bits per heavy atom. The van der Waals surface area contributed by atoms with E-state index >= 15 is 0 Å². The van der Waals surface area contributed by atoms with Crippen molar-refractivity contribution in [3.8, 4) is 22.8 Å². The van der Waals surface area contributed by atoms with Gasteiger partial charge in [-0.3, -0.25) is 10.1 Å². The molecule has 0 aliphatic carbocycles. The molecule has 0 spiro atoms. The first-order chi connectivity index (χ1) is 14.6. The van der Waals surface area contributed by atoms with Crippen molar-refractivity contribution in [3.63, 3.8) is 0 Å². The third kappa shape index (κ3) is 4.64. The van der Waals surface area contributed by atoms with Crippen molar-refractivity contribution in [3.05, 3.63) is 70.9 Å². The van der Waals surface area contributed by atoms with Gasteiger partial charge in [0.05, 0.1) is 30.2 Å². The maximum atomic E-state index is 12.7. The second-order valence-electron chi connectivity index (χ2n) is 6.34. The van der Waals surface area contributed by atoms with Crippen LogP contribution in [0.2, 0.25) is 0 Å². The Balaban J connectivity index is 1.43. The molecule has 7 nitrogen and oxygen atoms in total. The summed E-state index contributed by atoms with van der Waals surface area (Å²) < 4.78 is 19.3. The zero-order valence-electron chi connectivity index (χ0n) is 16.3. The molecule has 0 saturated heterocycles. The van der Waals surface area contributed by atoms with Crippen LogP contribution in [0.1, 0.15) is 21.7 Å². The molecule has 0 saturated carbocycles. The number of hydrogen-bond donors (Lipinski definition) is 1. The van der Waals surface area contributed by atoms with Gasteiger partial charge in [0.25, 0.3) is 5.91 Å². The largest absolute Gasteiger partial charge is 0.497 e. The molecule has 4 rings (SSSR count). The van der Waals surface area contributed by atoms with E-state index < -0.39 is 0 Å². The molecule has 0 atom stereocenters. The molecular formula is C21H18N4O3S2. The number of amides is 1. The van der Waals surface area contributed by atoms with Crippen molar-refractivity contribution in [2.45, 2.75) is 13.5 Å². The quantitative estimate of drug-likeness (QED) is 0.446. The zero-order valence-corrected chi connectivity index (χ0v) is 17.9. The summed E-state index contributed by atoms with van der Waals surface area (Å²) in [4.78, 5) is 17.2. The van der Waals surface area contributed by atoms with Gasteiger partial charge in [-0.05, 0) is 37.3 Å². The third-order valence-electron chi connectivity index (χ3n) is 4.31. The van der Waals surface area contributed by atoms with Crippen LogP contribution in [0.4, 0.5) is 5.13 Å². The first kappa shape index (κ1) is 20.0. The van der Waals surface area contributed by atoms with E-state index in [1.807, 2.05) is 36.6 Å². The fraction of sp³-hybridized carbons (Fsp3) is 0.143. The molecule has 152 valence electrons. The molecule has 0 radical (unpaired) electrons. The van der Waals surface area contributed by atoms with Crippen LogP contribution in [0.15, 0.2) is 53.9 Å². The number of hydrogen-bond acceptors (Lipinski definition) is 8. The molecule has 1 N–H and O–H groups in total. The van der Waals surface area contributed by atoms with Gasteiger partial charge in [-0.2, -0.15) is 8.75 Å². The number of thiazole rings is 1. The molecule has 9 heteroatoms. The summed E-state index contributed by atoms with van der Waals surface area (Å²) in [5, 5.41) is 5.26. The third-order valence-corrected chi connectivity index (χ3v) is 5.72. The van der Waals surface area contributed by atoms with Gasteiger partial charge >= 0.3 is 0 Å². The highest BCUT2D eigenvalue weighted by Gasteiger charge is 2.12. The number of carbonyl (C=O) groups is 1. The molecule has 0 aliphatic rings. The van der Waals surface area contributed by atoms with Gasteiger partial charge in [0.2, 0.25) is 0 Å². The van der Waals surface area contributed by atoms with Gasteiger partial charge in [-0.25, -0.2) is 4.98 Å². The van der Waals surface area contributed by atoms with E-state index in [1.165, 1.54) is 11.3 Å². The molecule has 30 heavy (non-hydrogen) atoms. The Kier molecular flexibility index (Phi) is 6.01. The molecule has 0 fully saturated rings. The van der Waals surface area contributed by atoms with E-state index in [-0.39, 0.29) is 5.91 Å². The van der Waals surface area contributed by atoms with Crippen LogP contribution in [0.25, 0.3) is 11.3 Å². The second kappa shape index (κ2) is 9.02. The molecule has 0 bridgehead atoms. The van der Waals surface area contributed by atoms with E-state index in [0.29, 0.717) is 23.1 Å². The number of nitrogens with one attached hydrogen (secondary N) is 1. The van der Waals surface area contributed by atoms with Crippen molar-refractivity contribution in [2.24, 2.45) is 0 Å². The minimum atomic E-state index is -0.251. The summed E-state index contributed by atoms with van der Waals surface area (Å²) in [7, 11) is 1.62. The lowest BCUT2D eigenvalue weighted by molar-refractivity contribution is 0.102. The highest BCUT2D eigenvalue weighted by atomic mass is 32.1. The monoisotopic (exact) mass is 438 g/mol. The average molecular weight is 439 g/mol. The lowest BCUT2D eigenvalue weighted by Gasteiger charge is -2.07. The molecule has 1 amide bonds. The summed E-state index contributed by atoms with van der Waals surface area (Å²) in [5.74, 6) is 1.09. The van der Waals surface area contributed by atoms with E-state index in [2.05, 4.69) is 19.0 Å². The summed E-state index contributed by atoms with van der Waals surface area (Å²) in [6.45, 7) is 2.20. The molecule has 0 unspecified atom stereocenters. The highest BCUT2D eigenvalue weighted by molar-refractivity contribution is 7.14. The van der Waals surface area contributed by atoms with Gasteiger partial charge in [-0.15, -0.1) is 11.3 Å². The standard InChI is InChI=1S/C21H18N4O3S2/c1-13-18(25-30-24-13)11-28-17-8-4-6-15(10-17)20(26)23-21-22-19(12-29-21)14-5-3-7-16(9-14)27-2/h3-10,12H,11H2,1-2H3,(H,22,23,26). The Hall–Kier alpha value is -3.30. The number of anilines is 1. The Morgan fingerprint density at radius 3 is 2.73 bits per heavy atom. The van der Waals surface area contributed by atoms with Crippen molar-refractivity contribution in [2.75, 3.05) is 12.4 Å². The molecule has 0 aliphatic heterocycles. The lowest BCUT2D eigenvalue weighted by atomic mass is 10.2. The highest BCUT2D eigenvalue weighted by Crippen LogP contribution is 2.28. The van der Waals surface area contributed by atoms with Crippen LogP contribution >= 0.6 is 23.1 Å². The van der Waals surface area contributed by atoms with Crippen molar-refractivity contribution < 1.29 is 14.3 Å². The van der Waals surface area contributed by atoms with Crippen LogP contribution in [-0.4, -0.2) is 26.7 Å². The fourth-order valence-corrected chi connectivity index (χ4v) is 3.94. The van der Waals surface area contributed by atoms with Gasteiger partial charge in [0, 0.05) is 16.5 Å². The molecular weight excluding hydrogens is 420 g/mol. The lowest BCUT2D eigenvalue weighted by Crippen LogP contribution is -2.11. The van der Waals surface area contributed by atoms with Gasteiger partial charge in [0.1, 0.15) is 23.8 Å². The SMILES string of the molecule is COc1cccc(-c2csc(NC(=O)c3cccc(OCc4nsnc4C)c3)n2)c1. The number of nitrogens with zero attached hydrogens (tertiary/aromatic N) is 3. The van der Waals surface area contributed by atoms with Crippen molar-refractivity contribution >= 4 is 34.1 Å². The molecule has 2 aromatic carbocycles. The number of rotatable bonds is 7. The van der Waals surface area contributed by atoms with Crippen molar-refractivity contribution in [1.29, 1.82) is 0 Å². The maximum Gasteiger partial charge on any atom is 0.257 e. The number of methoxy groups -OCH3 is 1. The predicted molar refractivity (Wildman–Crippen MR) is 117 cm³/mol. The average Bonchev–Trinajstić information content (AvgIpc) is 3.41. The number of benzene rings is 2. The van der Waals surface area contributed by atoms with Crippen LogP contribution < -0.4 is 14.8 Å². The van der Waals surface area contributed by atoms with Crippen LogP contribution in [-0.2, 0) is 6.61 Å². The minimum absolute atomic E-state index is 0.251. The number of carbonyl (C=O) groups excluding carboxylic acids is 1. The smallest absolute Gasteiger partial charge is 0.257 e. The zero-order chi connectivity index (χ0) is 20.9. The Bertz CT molecular complexity index is 1170. The van der Waals surface area contributed by atoms with Gasteiger partial charge < -0.3 is 9.47 Å². The fourth-order valence-electron chi connectivity index (χ4n) is 2.67. The van der Waals surface area contributed by atoms with E-state index in [0.717, 1.165) is 40.1 Å². The number of aryl methyl sites for hydroxylation is 1. The Morgan fingerprint density at radius 2 is 1.93 bits per heavy atom. The van der Waals surface area contributed by atoms with Gasteiger partial charge in [0.15, 0.2) is 5.13 Å². The molecule has 2 heterocycles. The molecule has 2 aromatic heterocycles. The molecule has 4 aromatic rings. The van der Waals surface area contributed by atoms with E-state index in [9.17, 15) is 4.79 Å². The maximum absolute atomic E-state index is 12.7. The first-order valence-electron chi connectivity index (χ1n) is 9.04. The predicted octanol–water partition coefficient (Wildman–Crippen LogP) is 4.81. The second-order valence-corrected chi connectivity index (χ2v) is 7.72. The topological polar surface area (TPSA) is 86.2 Å². The van der Waals surface area contributed by atoms with Crippen molar-refractivity contribution in [1.82, 2.24) is 13.7 Å². The summed E-state index contributed by atoms with van der Waals surface area (Å²) >= 11 is 2.52. The van der Waals surface area contributed by atoms with Gasteiger partial charge in [-0.1, -0.05) is 18.2 Å². The normalized spacial score (nSPS) is 10.6. The number of aromatic nitrogens is 3. The Labute approximate surface area is 181 Å². The minimum Gasteiger partial charge on any atom is -0.497 e. The number of ether oxygens (including phenoxy) is 2. The van der Waals surface area contributed by atoms with E-state index in [1.54, 1.807) is 31.4 Å². The van der Waals surface area contributed by atoms with Crippen LogP contribution in [0, 0.1) is 6.92 Å². The van der Waals surface area contributed by atoms with Crippen LogP contribution in [0.3, 0.4) is 0 Å². The summed E-state index contributed by atoms with van der Waals surface area (Å²) in [5.41, 5.74) is 3.83. The summed E-state index contributed by atoms with van der Waals surface area (Å²) in [6.07, 6.45) is 0. The first-order valence-corrected chi connectivity index (χ1v) is 10.7. The van der Waals surface area contributed by atoms with E-state index in [4.69, 9.17) is 9.47 Å². The van der Waals surface area contributed by atoms with Crippen LogP contribution in [0.5, 0.6) is 11.5 Å². The summed E-state index contributed by atoms with van der Waals surface area (Å²) in [6, 6.07) is 14.6.